The summed E-state index contributed by atoms with van der Waals surface area (Å²) in [6, 6.07) is 12.2. The van der Waals surface area contributed by atoms with Gasteiger partial charge in [0.1, 0.15) is 0 Å². The third kappa shape index (κ3) is 2.84. The zero-order chi connectivity index (χ0) is 12.3. The van der Waals surface area contributed by atoms with Crippen LogP contribution in [-0.2, 0) is 0 Å². The number of hydrogen-bond donors (Lipinski definition) is 1. The lowest BCUT2D eigenvalue weighted by atomic mass is 9.99. The number of aromatic nitrogens is 1. The molecule has 0 fully saturated rings. The molecular formula is C14H15ClN2. The van der Waals surface area contributed by atoms with E-state index in [1.54, 1.807) is 0 Å². The summed E-state index contributed by atoms with van der Waals surface area (Å²) in [5.74, 6) is 0. The second kappa shape index (κ2) is 5.30. The van der Waals surface area contributed by atoms with E-state index in [-0.39, 0.29) is 6.04 Å². The number of benzene rings is 1. The minimum atomic E-state index is 0.149. The van der Waals surface area contributed by atoms with E-state index in [1.165, 1.54) is 5.56 Å². The van der Waals surface area contributed by atoms with Crippen molar-refractivity contribution in [2.24, 2.45) is 0 Å². The SMILES string of the molecule is CNC(c1cccc(Cl)c1)c1ccnc(C)c1. The van der Waals surface area contributed by atoms with E-state index in [0.29, 0.717) is 0 Å². The van der Waals surface area contributed by atoms with E-state index in [4.69, 9.17) is 11.6 Å². The summed E-state index contributed by atoms with van der Waals surface area (Å²) in [6.45, 7) is 1.99. The molecule has 0 radical (unpaired) electrons. The molecule has 1 aromatic carbocycles. The Balaban J connectivity index is 2.40. The molecule has 0 aliphatic rings. The monoisotopic (exact) mass is 246 g/mol. The smallest absolute Gasteiger partial charge is 0.0576 e. The quantitative estimate of drug-likeness (QED) is 0.899. The average molecular weight is 247 g/mol. The molecule has 0 spiro atoms. The summed E-state index contributed by atoms with van der Waals surface area (Å²) in [5.41, 5.74) is 3.37. The predicted molar refractivity (Wildman–Crippen MR) is 71.3 cm³/mol. The summed E-state index contributed by atoms with van der Waals surface area (Å²) in [7, 11) is 1.95. The molecule has 1 unspecified atom stereocenters. The number of hydrogen-bond acceptors (Lipinski definition) is 2. The maximum absolute atomic E-state index is 6.02. The van der Waals surface area contributed by atoms with E-state index in [0.717, 1.165) is 16.3 Å². The first kappa shape index (κ1) is 12.1. The average Bonchev–Trinajstić information content (AvgIpc) is 2.30. The van der Waals surface area contributed by atoms with Gasteiger partial charge < -0.3 is 5.32 Å². The molecule has 0 amide bonds. The maximum Gasteiger partial charge on any atom is 0.0576 e. The standard InChI is InChI=1S/C14H15ClN2/c1-10-8-12(6-7-17-10)14(16-2)11-4-3-5-13(15)9-11/h3-9,14,16H,1-2H3. The van der Waals surface area contributed by atoms with Gasteiger partial charge in [-0.25, -0.2) is 0 Å². The highest BCUT2D eigenvalue weighted by Crippen LogP contribution is 2.24. The van der Waals surface area contributed by atoms with Crippen LogP contribution >= 0.6 is 11.6 Å². The summed E-state index contributed by atoms with van der Waals surface area (Å²) in [5, 5.41) is 4.06. The Bertz CT molecular complexity index is 466. The van der Waals surface area contributed by atoms with Crippen molar-refractivity contribution in [3.05, 3.63) is 64.4 Å². The lowest BCUT2D eigenvalue weighted by Gasteiger charge is -2.17. The number of rotatable bonds is 3. The van der Waals surface area contributed by atoms with Gasteiger partial charge in [0.25, 0.3) is 0 Å². The van der Waals surface area contributed by atoms with Gasteiger partial charge in [-0.05, 0) is 49.4 Å². The Hall–Kier alpha value is -1.38. The van der Waals surface area contributed by atoms with Gasteiger partial charge in [-0.15, -0.1) is 0 Å². The molecule has 1 atom stereocenters. The molecule has 0 aliphatic heterocycles. The molecular weight excluding hydrogens is 232 g/mol. The van der Waals surface area contributed by atoms with Crippen LogP contribution in [0, 0.1) is 6.92 Å². The second-order valence-corrected chi connectivity index (χ2v) is 4.44. The lowest BCUT2D eigenvalue weighted by molar-refractivity contribution is 0.690. The summed E-state index contributed by atoms with van der Waals surface area (Å²) < 4.78 is 0. The second-order valence-electron chi connectivity index (χ2n) is 4.01. The highest BCUT2D eigenvalue weighted by atomic mass is 35.5. The number of pyridine rings is 1. The van der Waals surface area contributed by atoms with Crippen molar-refractivity contribution in [3.8, 4) is 0 Å². The van der Waals surface area contributed by atoms with Gasteiger partial charge >= 0.3 is 0 Å². The van der Waals surface area contributed by atoms with Crippen molar-refractivity contribution >= 4 is 11.6 Å². The molecule has 17 heavy (non-hydrogen) atoms. The molecule has 0 saturated heterocycles. The number of aryl methyl sites for hydroxylation is 1. The predicted octanol–water partition coefficient (Wildman–Crippen LogP) is 3.35. The van der Waals surface area contributed by atoms with E-state index in [2.05, 4.69) is 22.4 Å². The van der Waals surface area contributed by atoms with Crippen LogP contribution in [0.2, 0.25) is 5.02 Å². The van der Waals surface area contributed by atoms with Crippen LogP contribution in [0.3, 0.4) is 0 Å². The number of nitrogens with one attached hydrogen (secondary N) is 1. The molecule has 1 aromatic heterocycles. The zero-order valence-corrected chi connectivity index (χ0v) is 10.7. The first-order valence-electron chi connectivity index (χ1n) is 5.56. The Labute approximate surface area is 107 Å². The highest BCUT2D eigenvalue weighted by molar-refractivity contribution is 6.30. The minimum absolute atomic E-state index is 0.149. The molecule has 3 heteroatoms. The largest absolute Gasteiger partial charge is 0.309 e. The number of halogens is 1. The molecule has 1 heterocycles. The Morgan fingerprint density at radius 3 is 2.59 bits per heavy atom. The van der Waals surface area contributed by atoms with E-state index in [9.17, 15) is 0 Å². The third-order valence-corrected chi connectivity index (χ3v) is 2.96. The molecule has 1 N–H and O–H groups in total. The zero-order valence-electron chi connectivity index (χ0n) is 9.94. The van der Waals surface area contributed by atoms with Gasteiger partial charge in [-0.3, -0.25) is 4.98 Å². The number of nitrogens with zero attached hydrogens (tertiary/aromatic N) is 1. The van der Waals surface area contributed by atoms with Gasteiger partial charge in [0.2, 0.25) is 0 Å². The molecule has 2 rings (SSSR count). The van der Waals surface area contributed by atoms with Crippen molar-refractivity contribution in [2.45, 2.75) is 13.0 Å². The van der Waals surface area contributed by atoms with Crippen molar-refractivity contribution in [1.29, 1.82) is 0 Å². The Morgan fingerprint density at radius 1 is 1.18 bits per heavy atom. The van der Waals surface area contributed by atoms with Crippen LogP contribution in [0.25, 0.3) is 0 Å². The van der Waals surface area contributed by atoms with Crippen molar-refractivity contribution in [1.82, 2.24) is 10.3 Å². The minimum Gasteiger partial charge on any atom is -0.309 e. The summed E-state index contributed by atoms with van der Waals surface area (Å²) in [4.78, 5) is 4.21. The van der Waals surface area contributed by atoms with E-state index < -0.39 is 0 Å². The van der Waals surface area contributed by atoms with E-state index >= 15 is 0 Å². The van der Waals surface area contributed by atoms with Gasteiger partial charge in [0, 0.05) is 16.9 Å². The van der Waals surface area contributed by atoms with Gasteiger partial charge in [0.15, 0.2) is 0 Å². The first-order chi connectivity index (χ1) is 8.20. The Kier molecular flexibility index (Phi) is 3.77. The molecule has 0 bridgehead atoms. The van der Waals surface area contributed by atoms with Crippen LogP contribution in [0.4, 0.5) is 0 Å². The van der Waals surface area contributed by atoms with Crippen LogP contribution in [-0.4, -0.2) is 12.0 Å². The van der Waals surface area contributed by atoms with Crippen molar-refractivity contribution in [2.75, 3.05) is 7.05 Å². The van der Waals surface area contributed by atoms with Gasteiger partial charge in [-0.1, -0.05) is 23.7 Å². The van der Waals surface area contributed by atoms with Crippen molar-refractivity contribution < 1.29 is 0 Å². The van der Waals surface area contributed by atoms with Crippen LogP contribution in [0.1, 0.15) is 22.9 Å². The lowest BCUT2D eigenvalue weighted by Crippen LogP contribution is -2.17. The maximum atomic E-state index is 6.02. The summed E-state index contributed by atoms with van der Waals surface area (Å²) in [6.07, 6.45) is 1.83. The van der Waals surface area contributed by atoms with Crippen LogP contribution < -0.4 is 5.32 Å². The molecule has 0 saturated carbocycles. The fraction of sp³-hybridized carbons (Fsp3) is 0.214. The molecule has 2 aromatic rings. The van der Waals surface area contributed by atoms with E-state index in [1.807, 2.05) is 44.4 Å². The first-order valence-corrected chi connectivity index (χ1v) is 5.94. The molecule has 88 valence electrons. The topological polar surface area (TPSA) is 24.9 Å². The van der Waals surface area contributed by atoms with Crippen molar-refractivity contribution in [3.63, 3.8) is 0 Å². The van der Waals surface area contributed by atoms with Gasteiger partial charge in [0.05, 0.1) is 6.04 Å². The fourth-order valence-corrected chi connectivity index (χ4v) is 2.16. The van der Waals surface area contributed by atoms with Crippen LogP contribution in [0.5, 0.6) is 0 Å². The summed E-state index contributed by atoms with van der Waals surface area (Å²) >= 11 is 6.02. The van der Waals surface area contributed by atoms with Crippen LogP contribution in [0.15, 0.2) is 42.6 Å². The normalized spacial score (nSPS) is 12.4. The fourth-order valence-electron chi connectivity index (χ4n) is 1.96. The third-order valence-electron chi connectivity index (χ3n) is 2.72. The Morgan fingerprint density at radius 2 is 1.94 bits per heavy atom. The highest BCUT2D eigenvalue weighted by Gasteiger charge is 2.12. The molecule has 0 aliphatic carbocycles. The van der Waals surface area contributed by atoms with Gasteiger partial charge in [-0.2, -0.15) is 0 Å². The molecule has 2 nitrogen and oxygen atoms in total.